The molecule has 0 aromatic heterocycles. The Labute approximate surface area is 120 Å². The smallest absolute Gasteiger partial charge is 0.319 e. The number of amides is 2. The zero-order valence-electron chi connectivity index (χ0n) is 11.8. The van der Waals surface area contributed by atoms with E-state index in [1.807, 2.05) is 49.4 Å². The molecule has 0 saturated heterocycles. The number of urea groups is 1. The van der Waals surface area contributed by atoms with Gasteiger partial charge in [-0.2, -0.15) is 0 Å². The van der Waals surface area contributed by atoms with Crippen LogP contribution < -0.4 is 10.6 Å². The van der Waals surface area contributed by atoms with Gasteiger partial charge in [-0.3, -0.25) is 4.90 Å². The molecule has 0 aliphatic heterocycles. The van der Waals surface area contributed by atoms with Gasteiger partial charge in [0.2, 0.25) is 0 Å². The van der Waals surface area contributed by atoms with E-state index in [1.54, 1.807) is 4.90 Å². The average Bonchev–Trinajstić information content (AvgIpc) is 2.44. The first-order valence-electron chi connectivity index (χ1n) is 6.84. The molecule has 3 nitrogen and oxygen atoms in total. The minimum absolute atomic E-state index is 0.399. The lowest BCUT2D eigenvalue weighted by Gasteiger charge is -2.21. The first-order chi connectivity index (χ1) is 9.66. The molecule has 104 valence electrons. The quantitative estimate of drug-likeness (QED) is 0.886. The summed E-state index contributed by atoms with van der Waals surface area (Å²) in [5.74, 6) is 0. The number of benzene rings is 2. The van der Waals surface area contributed by atoms with Gasteiger partial charge in [0.25, 0.3) is 0 Å². The number of primary amides is 1. The molecule has 0 saturated carbocycles. The van der Waals surface area contributed by atoms with E-state index in [9.17, 15) is 4.79 Å². The van der Waals surface area contributed by atoms with E-state index in [-0.39, 0.29) is 0 Å². The largest absolute Gasteiger partial charge is 0.351 e. The maximum atomic E-state index is 11.6. The third kappa shape index (κ3) is 3.85. The maximum absolute atomic E-state index is 11.6. The summed E-state index contributed by atoms with van der Waals surface area (Å²) in [5, 5.41) is 0. The highest BCUT2D eigenvalue weighted by atomic mass is 16.2. The molecule has 2 N–H and O–H groups in total. The van der Waals surface area contributed by atoms with Crippen LogP contribution >= 0.6 is 0 Å². The first-order valence-corrected chi connectivity index (χ1v) is 6.84. The number of carbonyl (C=O) groups excluding carboxylic acids is 1. The Bertz CT molecular complexity index is 566. The number of nitrogens with zero attached hydrogens (tertiary/aromatic N) is 1. The van der Waals surface area contributed by atoms with Crippen molar-refractivity contribution < 1.29 is 4.79 Å². The zero-order chi connectivity index (χ0) is 14.4. The fraction of sp³-hybridized carbons (Fsp3) is 0.235. The van der Waals surface area contributed by atoms with E-state index < -0.39 is 6.03 Å². The highest BCUT2D eigenvalue weighted by Gasteiger charge is 2.11. The van der Waals surface area contributed by atoms with Crippen LogP contribution in [-0.4, -0.2) is 12.6 Å². The van der Waals surface area contributed by atoms with Crippen molar-refractivity contribution in [2.24, 2.45) is 5.73 Å². The van der Waals surface area contributed by atoms with Crippen molar-refractivity contribution in [1.82, 2.24) is 0 Å². The molecule has 0 heterocycles. The van der Waals surface area contributed by atoms with Crippen LogP contribution in [0, 0.1) is 6.92 Å². The van der Waals surface area contributed by atoms with Crippen molar-refractivity contribution in [2.75, 3.05) is 11.4 Å². The minimum atomic E-state index is -0.399. The Hall–Kier alpha value is -2.29. The van der Waals surface area contributed by atoms with Gasteiger partial charge in [-0.1, -0.05) is 42.5 Å². The second kappa shape index (κ2) is 6.75. The van der Waals surface area contributed by atoms with E-state index in [4.69, 9.17) is 5.73 Å². The summed E-state index contributed by atoms with van der Waals surface area (Å²) >= 11 is 0. The van der Waals surface area contributed by atoms with E-state index in [0.717, 1.165) is 24.1 Å². The predicted octanol–water partition coefficient (Wildman–Crippen LogP) is 3.51. The van der Waals surface area contributed by atoms with Crippen LogP contribution in [0.4, 0.5) is 10.5 Å². The van der Waals surface area contributed by atoms with Gasteiger partial charge in [0.1, 0.15) is 0 Å². The van der Waals surface area contributed by atoms with Crippen LogP contribution in [0.3, 0.4) is 0 Å². The van der Waals surface area contributed by atoms with Crippen molar-refractivity contribution in [3.8, 4) is 0 Å². The lowest BCUT2D eigenvalue weighted by atomic mass is 10.1. The van der Waals surface area contributed by atoms with Gasteiger partial charge < -0.3 is 5.73 Å². The van der Waals surface area contributed by atoms with Gasteiger partial charge in [0, 0.05) is 12.2 Å². The summed E-state index contributed by atoms with van der Waals surface area (Å²) in [4.78, 5) is 13.2. The molecule has 0 aliphatic carbocycles. The number of rotatable bonds is 5. The number of carbonyl (C=O) groups is 1. The lowest BCUT2D eigenvalue weighted by Crippen LogP contribution is -2.36. The van der Waals surface area contributed by atoms with Crippen LogP contribution in [0.15, 0.2) is 54.6 Å². The van der Waals surface area contributed by atoms with Crippen molar-refractivity contribution >= 4 is 11.7 Å². The standard InChI is InChI=1S/C17H20N2O/c1-14-7-5-11-16(13-14)19(17(18)20)12-6-10-15-8-3-2-4-9-15/h2-5,7-9,11,13H,6,10,12H2,1H3,(H2,18,20). The third-order valence-corrected chi connectivity index (χ3v) is 3.27. The van der Waals surface area contributed by atoms with Gasteiger partial charge in [-0.25, -0.2) is 4.79 Å². The Balaban J connectivity index is 1.98. The molecule has 0 bridgehead atoms. The minimum Gasteiger partial charge on any atom is -0.351 e. The maximum Gasteiger partial charge on any atom is 0.319 e. The molecule has 2 aromatic carbocycles. The first kappa shape index (κ1) is 14.1. The molecule has 20 heavy (non-hydrogen) atoms. The van der Waals surface area contributed by atoms with Gasteiger partial charge in [-0.15, -0.1) is 0 Å². The summed E-state index contributed by atoms with van der Waals surface area (Å²) in [6.45, 7) is 2.64. The van der Waals surface area contributed by atoms with Crippen LogP contribution in [0.1, 0.15) is 17.5 Å². The monoisotopic (exact) mass is 268 g/mol. The van der Waals surface area contributed by atoms with Gasteiger partial charge >= 0.3 is 6.03 Å². The molecule has 0 unspecified atom stereocenters. The van der Waals surface area contributed by atoms with Crippen molar-refractivity contribution in [1.29, 1.82) is 0 Å². The number of hydrogen-bond acceptors (Lipinski definition) is 1. The van der Waals surface area contributed by atoms with E-state index in [1.165, 1.54) is 5.56 Å². The Morgan fingerprint density at radius 1 is 1.10 bits per heavy atom. The molecule has 0 atom stereocenters. The summed E-state index contributed by atoms with van der Waals surface area (Å²) in [7, 11) is 0. The number of aryl methyl sites for hydroxylation is 2. The third-order valence-electron chi connectivity index (χ3n) is 3.27. The molecular weight excluding hydrogens is 248 g/mol. The number of anilines is 1. The Morgan fingerprint density at radius 3 is 2.50 bits per heavy atom. The average molecular weight is 268 g/mol. The Kier molecular flexibility index (Phi) is 4.77. The van der Waals surface area contributed by atoms with Crippen molar-refractivity contribution in [3.63, 3.8) is 0 Å². The SMILES string of the molecule is Cc1cccc(N(CCCc2ccccc2)C(N)=O)c1. The summed E-state index contributed by atoms with van der Waals surface area (Å²) in [6, 6.07) is 17.7. The highest BCUT2D eigenvalue weighted by Crippen LogP contribution is 2.16. The van der Waals surface area contributed by atoms with E-state index in [0.29, 0.717) is 6.54 Å². The predicted molar refractivity (Wildman–Crippen MR) is 82.9 cm³/mol. The summed E-state index contributed by atoms with van der Waals surface area (Å²) in [6.07, 6.45) is 1.83. The van der Waals surface area contributed by atoms with Gasteiger partial charge in [0.15, 0.2) is 0 Å². The highest BCUT2D eigenvalue weighted by molar-refractivity contribution is 5.90. The molecule has 2 aromatic rings. The molecular formula is C17H20N2O. The molecule has 3 heteroatoms. The van der Waals surface area contributed by atoms with E-state index in [2.05, 4.69) is 12.1 Å². The molecule has 0 radical (unpaired) electrons. The van der Waals surface area contributed by atoms with Crippen LogP contribution in [-0.2, 0) is 6.42 Å². The molecule has 2 amide bonds. The molecule has 2 rings (SSSR count). The lowest BCUT2D eigenvalue weighted by molar-refractivity contribution is 0.254. The molecule has 0 spiro atoms. The summed E-state index contributed by atoms with van der Waals surface area (Å²) < 4.78 is 0. The number of nitrogens with two attached hydrogens (primary N) is 1. The van der Waals surface area contributed by atoms with Gasteiger partial charge in [-0.05, 0) is 43.0 Å². The normalized spacial score (nSPS) is 10.2. The fourth-order valence-corrected chi connectivity index (χ4v) is 2.25. The van der Waals surface area contributed by atoms with E-state index >= 15 is 0 Å². The van der Waals surface area contributed by atoms with Gasteiger partial charge in [0.05, 0.1) is 0 Å². The topological polar surface area (TPSA) is 46.3 Å². The molecule has 0 fully saturated rings. The summed E-state index contributed by atoms with van der Waals surface area (Å²) in [5.41, 5.74) is 8.75. The van der Waals surface area contributed by atoms with Crippen molar-refractivity contribution in [2.45, 2.75) is 19.8 Å². The van der Waals surface area contributed by atoms with Crippen molar-refractivity contribution in [3.05, 3.63) is 65.7 Å². The van der Waals surface area contributed by atoms with Crippen LogP contribution in [0.2, 0.25) is 0 Å². The zero-order valence-corrected chi connectivity index (χ0v) is 11.8. The Morgan fingerprint density at radius 2 is 1.85 bits per heavy atom. The fourth-order valence-electron chi connectivity index (χ4n) is 2.25. The second-order valence-corrected chi connectivity index (χ2v) is 4.92. The second-order valence-electron chi connectivity index (χ2n) is 4.92. The molecule has 0 aliphatic rings. The van der Waals surface area contributed by atoms with Crippen LogP contribution in [0.5, 0.6) is 0 Å². The van der Waals surface area contributed by atoms with Crippen LogP contribution in [0.25, 0.3) is 0 Å². The number of hydrogen-bond donors (Lipinski definition) is 1.